The third kappa shape index (κ3) is 1.95. The molecule has 0 aromatic carbocycles. The molecular weight excluding hydrogens is 261 g/mol. The van der Waals surface area contributed by atoms with Crippen molar-refractivity contribution in [3.8, 4) is 0 Å². The van der Waals surface area contributed by atoms with Crippen molar-refractivity contribution in [2.75, 3.05) is 0 Å². The van der Waals surface area contributed by atoms with Crippen LogP contribution in [0.15, 0.2) is 5.16 Å². The molecule has 1 fully saturated rings. The molecule has 1 unspecified atom stereocenters. The molecule has 4 nitrogen and oxygen atoms in total. The number of nitrogens with zero attached hydrogens (tertiary/aromatic N) is 1. The summed E-state index contributed by atoms with van der Waals surface area (Å²) in [5.41, 5.74) is -0.619. The van der Waals surface area contributed by atoms with Gasteiger partial charge in [0.05, 0.1) is 11.2 Å². The molecule has 0 aromatic heterocycles. The van der Waals surface area contributed by atoms with Crippen LogP contribution in [-0.4, -0.2) is 28.9 Å². The standard InChI is InChI=1S/C9H15BBrNO3/c1-8(2)9(3,4)15-10(14-8)6-5-7(11)12-13-6/h6H,5H2,1-4H3. The van der Waals surface area contributed by atoms with Crippen molar-refractivity contribution < 1.29 is 14.1 Å². The highest BCUT2D eigenvalue weighted by Gasteiger charge is 2.55. The summed E-state index contributed by atoms with van der Waals surface area (Å²) < 4.78 is 12.5. The van der Waals surface area contributed by atoms with Crippen LogP contribution in [0.25, 0.3) is 0 Å². The van der Waals surface area contributed by atoms with Crippen LogP contribution in [0, 0.1) is 0 Å². The summed E-state index contributed by atoms with van der Waals surface area (Å²) in [6.45, 7) is 8.10. The van der Waals surface area contributed by atoms with Crippen molar-refractivity contribution in [1.29, 1.82) is 0 Å². The molecule has 0 amide bonds. The highest BCUT2D eigenvalue weighted by atomic mass is 79.9. The smallest absolute Gasteiger partial charge is 0.401 e. The van der Waals surface area contributed by atoms with Crippen LogP contribution in [0.5, 0.6) is 0 Å². The number of rotatable bonds is 1. The summed E-state index contributed by atoms with van der Waals surface area (Å²) in [7, 11) is -0.339. The van der Waals surface area contributed by atoms with E-state index in [-0.39, 0.29) is 24.3 Å². The SMILES string of the molecule is CC1(C)OB(C2CC(Br)=NO2)OC1(C)C. The number of halogens is 1. The molecule has 0 saturated carbocycles. The Morgan fingerprint density at radius 3 is 2.20 bits per heavy atom. The quantitative estimate of drug-likeness (QED) is 0.688. The Morgan fingerprint density at radius 2 is 1.80 bits per heavy atom. The molecule has 0 aromatic rings. The molecule has 2 rings (SSSR count). The van der Waals surface area contributed by atoms with Gasteiger partial charge in [-0.2, -0.15) is 0 Å². The van der Waals surface area contributed by atoms with E-state index in [1.807, 2.05) is 27.7 Å². The van der Waals surface area contributed by atoms with Gasteiger partial charge in [0.2, 0.25) is 0 Å². The van der Waals surface area contributed by atoms with Gasteiger partial charge in [-0.05, 0) is 43.6 Å². The van der Waals surface area contributed by atoms with E-state index in [0.29, 0.717) is 6.42 Å². The molecule has 1 atom stereocenters. The summed E-state index contributed by atoms with van der Waals surface area (Å²) in [6.07, 6.45) is 0.705. The maximum absolute atomic E-state index is 5.85. The predicted molar refractivity (Wildman–Crippen MR) is 61.9 cm³/mol. The van der Waals surface area contributed by atoms with E-state index in [1.54, 1.807) is 0 Å². The first-order valence-electron chi connectivity index (χ1n) is 5.06. The summed E-state index contributed by atoms with van der Waals surface area (Å²) >= 11 is 3.30. The lowest BCUT2D eigenvalue weighted by Crippen LogP contribution is -2.41. The lowest BCUT2D eigenvalue weighted by Gasteiger charge is -2.32. The van der Waals surface area contributed by atoms with Crippen molar-refractivity contribution >= 4 is 27.7 Å². The number of hydrogen-bond acceptors (Lipinski definition) is 4. The minimum atomic E-state index is -0.339. The van der Waals surface area contributed by atoms with Crippen molar-refractivity contribution in [2.45, 2.75) is 51.3 Å². The van der Waals surface area contributed by atoms with Crippen molar-refractivity contribution in [1.82, 2.24) is 0 Å². The highest BCUT2D eigenvalue weighted by molar-refractivity contribution is 9.18. The van der Waals surface area contributed by atoms with E-state index in [2.05, 4.69) is 21.1 Å². The molecule has 0 bridgehead atoms. The summed E-state index contributed by atoms with van der Waals surface area (Å²) in [6, 6.07) is -0.138. The molecule has 0 N–H and O–H groups in total. The second-order valence-corrected chi connectivity index (χ2v) is 5.86. The lowest BCUT2D eigenvalue weighted by molar-refractivity contribution is 0.00578. The van der Waals surface area contributed by atoms with Gasteiger partial charge in [-0.1, -0.05) is 5.16 Å². The second-order valence-electron chi connectivity index (χ2n) is 4.94. The van der Waals surface area contributed by atoms with E-state index in [0.717, 1.165) is 4.62 Å². The fourth-order valence-corrected chi connectivity index (χ4v) is 1.95. The average Bonchev–Trinajstić information content (AvgIpc) is 2.56. The molecule has 6 heteroatoms. The van der Waals surface area contributed by atoms with Gasteiger partial charge in [0.1, 0.15) is 4.62 Å². The summed E-state index contributed by atoms with van der Waals surface area (Å²) in [5.74, 6) is 0. The van der Waals surface area contributed by atoms with Crippen LogP contribution in [0.3, 0.4) is 0 Å². The molecule has 2 aliphatic rings. The van der Waals surface area contributed by atoms with Gasteiger partial charge in [-0.15, -0.1) is 0 Å². The van der Waals surface area contributed by atoms with Crippen LogP contribution >= 0.6 is 15.9 Å². The Morgan fingerprint density at radius 1 is 1.27 bits per heavy atom. The fourth-order valence-electron chi connectivity index (χ4n) is 1.55. The van der Waals surface area contributed by atoms with E-state index < -0.39 is 0 Å². The largest absolute Gasteiger partial charge is 0.505 e. The van der Waals surface area contributed by atoms with E-state index in [1.165, 1.54) is 0 Å². The van der Waals surface area contributed by atoms with Crippen LogP contribution in [0.4, 0.5) is 0 Å². The van der Waals surface area contributed by atoms with E-state index in [9.17, 15) is 0 Å². The maximum atomic E-state index is 5.85. The van der Waals surface area contributed by atoms with Gasteiger partial charge >= 0.3 is 7.12 Å². The number of oxime groups is 1. The monoisotopic (exact) mass is 275 g/mol. The third-order valence-electron chi connectivity index (χ3n) is 3.23. The Bertz CT molecular complexity index is 290. The highest BCUT2D eigenvalue weighted by Crippen LogP contribution is 2.39. The van der Waals surface area contributed by atoms with Crippen molar-refractivity contribution in [2.24, 2.45) is 5.16 Å². The van der Waals surface area contributed by atoms with Crippen LogP contribution in [0.1, 0.15) is 34.1 Å². The van der Waals surface area contributed by atoms with Gasteiger partial charge in [0.25, 0.3) is 0 Å². The zero-order chi connectivity index (χ0) is 11.3. The van der Waals surface area contributed by atoms with Gasteiger partial charge in [0.15, 0.2) is 6.00 Å². The summed E-state index contributed by atoms with van der Waals surface area (Å²) in [5, 5.41) is 3.83. The molecular formula is C9H15BBrNO3. The first-order chi connectivity index (χ1) is 6.82. The Kier molecular flexibility index (Phi) is 2.64. The molecule has 2 heterocycles. The zero-order valence-corrected chi connectivity index (χ0v) is 11.0. The number of hydrogen-bond donors (Lipinski definition) is 0. The maximum Gasteiger partial charge on any atom is 0.505 e. The van der Waals surface area contributed by atoms with E-state index >= 15 is 0 Å². The van der Waals surface area contributed by atoms with Crippen LogP contribution in [0.2, 0.25) is 0 Å². The predicted octanol–water partition coefficient (Wildman–Crippen LogP) is 2.12. The van der Waals surface area contributed by atoms with Gasteiger partial charge in [-0.3, -0.25) is 0 Å². The molecule has 1 saturated heterocycles. The minimum Gasteiger partial charge on any atom is -0.401 e. The first kappa shape index (κ1) is 11.4. The van der Waals surface area contributed by atoms with Crippen LogP contribution < -0.4 is 0 Å². The van der Waals surface area contributed by atoms with Crippen molar-refractivity contribution in [3.63, 3.8) is 0 Å². The minimum absolute atomic E-state index is 0.138. The van der Waals surface area contributed by atoms with E-state index in [4.69, 9.17) is 14.1 Å². The topological polar surface area (TPSA) is 40.0 Å². The molecule has 0 aliphatic carbocycles. The zero-order valence-electron chi connectivity index (χ0n) is 9.41. The molecule has 0 spiro atoms. The van der Waals surface area contributed by atoms with Crippen LogP contribution in [-0.2, 0) is 14.1 Å². The molecule has 0 radical (unpaired) electrons. The normalized spacial score (nSPS) is 32.7. The van der Waals surface area contributed by atoms with Gasteiger partial charge < -0.3 is 14.1 Å². The summed E-state index contributed by atoms with van der Waals surface area (Å²) in [4.78, 5) is 5.23. The first-order valence-corrected chi connectivity index (χ1v) is 5.85. The van der Waals surface area contributed by atoms with Crippen molar-refractivity contribution in [3.05, 3.63) is 0 Å². The molecule has 84 valence electrons. The second kappa shape index (κ2) is 3.47. The van der Waals surface area contributed by atoms with Gasteiger partial charge in [-0.25, -0.2) is 0 Å². The Balaban J connectivity index is 2.04. The third-order valence-corrected chi connectivity index (χ3v) is 3.70. The average molecular weight is 276 g/mol. The lowest BCUT2D eigenvalue weighted by atomic mass is 9.79. The Labute approximate surface area is 98.6 Å². The molecule has 2 aliphatic heterocycles. The Hall–Kier alpha value is -0.0651. The molecule has 15 heavy (non-hydrogen) atoms. The van der Waals surface area contributed by atoms with Gasteiger partial charge in [0, 0.05) is 6.42 Å². The fraction of sp³-hybridized carbons (Fsp3) is 0.889.